The molecule has 0 aromatic heterocycles. The van der Waals surface area contributed by atoms with E-state index in [0.29, 0.717) is 19.6 Å². The highest BCUT2D eigenvalue weighted by atomic mass is 16.5. The van der Waals surface area contributed by atoms with E-state index in [1.807, 2.05) is 19.1 Å². The summed E-state index contributed by atoms with van der Waals surface area (Å²) in [7, 11) is 4.32. The predicted octanol–water partition coefficient (Wildman–Crippen LogP) is 7.59. The van der Waals surface area contributed by atoms with Gasteiger partial charge in [0.15, 0.2) is 0 Å². The zero-order chi connectivity index (χ0) is 26.1. The SMILES string of the molecule is CCCCCCCCCCc1ccccc1OCCCOC(=O)C(C)C[N+](C)(C)Cc1ccccc1. The Morgan fingerprint density at radius 1 is 0.806 bits per heavy atom. The van der Waals surface area contributed by atoms with Crippen molar-refractivity contribution in [2.75, 3.05) is 33.9 Å². The highest BCUT2D eigenvalue weighted by Crippen LogP contribution is 2.21. The smallest absolute Gasteiger partial charge is 0.314 e. The molecule has 4 heteroatoms. The maximum Gasteiger partial charge on any atom is 0.314 e. The number of carbonyl (C=O) groups is 1. The van der Waals surface area contributed by atoms with Crippen LogP contribution in [-0.2, 0) is 22.5 Å². The minimum absolute atomic E-state index is 0.121. The third-order valence-corrected chi connectivity index (χ3v) is 6.69. The quantitative estimate of drug-likeness (QED) is 0.114. The number of benzene rings is 2. The molecular formula is C32H50NO3+. The normalized spacial score (nSPS) is 12.3. The number of carbonyl (C=O) groups excluding carboxylic acids is 1. The van der Waals surface area contributed by atoms with Crippen LogP contribution in [0.15, 0.2) is 54.6 Å². The second-order valence-electron chi connectivity index (χ2n) is 10.9. The van der Waals surface area contributed by atoms with E-state index >= 15 is 0 Å². The van der Waals surface area contributed by atoms with Gasteiger partial charge in [0.05, 0.1) is 33.9 Å². The first-order valence-electron chi connectivity index (χ1n) is 14.1. The van der Waals surface area contributed by atoms with Crippen LogP contribution < -0.4 is 4.74 Å². The zero-order valence-corrected chi connectivity index (χ0v) is 23.3. The standard InChI is InChI=1S/C32H50NO3/c1-5-6-7-8-9-10-11-15-21-30-22-16-17-23-31(30)35-24-18-25-36-32(34)28(2)26-33(3,4)27-29-19-13-12-14-20-29/h12-14,16-17,19-20,22-23,28H,5-11,15,18,21,24-27H2,1-4H3/q+1. The lowest BCUT2D eigenvalue weighted by atomic mass is 10.0. The zero-order valence-electron chi connectivity index (χ0n) is 23.3. The number of rotatable bonds is 19. The Morgan fingerprint density at radius 3 is 2.17 bits per heavy atom. The van der Waals surface area contributed by atoms with Gasteiger partial charge in [-0.2, -0.15) is 0 Å². The fourth-order valence-corrected chi connectivity index (χ4v) is 4.81. The number of quaternary nitrogens is 1. The Labute approximate surface area is 220 Å². The molecule has 0 radical (unpaired) electrons. The Hall–Kier alpha value is -2.33. The van der Waals surface area contributed by atoms with Gasteiger partial charge in [0.2, 0.25) is 0 Å². The molecule has 0 saturated heterocycles. The first kappa shape index (κ1) is 29.9. The van der Waals surface area contributed by atoms with Gasteiger partial charge in [-0.05, 0) is 31.4 Å². The molecule has 2 aromatic carbocycles. The van der Waals surface area contributed by atoms with Crippen LogP contribution in [0.25, 0.3) is 0 Å². The first-order valence-corrected chi connectivity index (χ1v) is 14.1. The molecule has 0 aliphatic rings. The third kappa shape index (κ3) is 12.6. The Kier molecular flexibility index (Phi) is 14.3. The van der Waals surface area contributed by atoms with Gasteiger partial charge in [-0.3, -0.25) is 4.79 Å². The summed E-state index contributed by atoms with van der Waals surface area (Å²) in [6, 6.07) is 18.8. The van der Waals surface area contributed by atoms with Crippen molar-refractivity contribution >= 4 is 5.97 Å². The van der Waals surface area contributed by atoms with Gasteiger partial charge in [-0.1, -0.05) is 100 Å². The molecule has 0 fully saturated rings. The van der Waals surface area contributed by atoms with Gasteiger partial charge >= 0.3 is 5.97 Å². The van der Waals surface area contributed by atoms with Crippen LogP contribution in [-0.4, -0.2) is 44.3 Å². The minimum Gasteiger partial charge on any atom is -0.493 e. The molecule has 0 heterocycles. The van der Waals surface area contributed by atoms with Gasteiger partial charge in [-0.25, -0.2) is 0 Å². The molecule has 1 unspecified atom stereocenters. The lowest BCUT2D eigenvalue weighted by Crippen LogP contribution is -2.44. The summed E-state index contributed by atoms with van der Waals surface area (Å²) in [5.41, 5.74) is 2.57. The predicted molar refractivity (Wildman–Crippen MR) is 150 cm³/mol. The van der Waals surface area contributed by atoms with Crippen LogP contribution >= 0.6 is 0 Å². The summed E-state index contributed by atoms with van der Waals surface area (Å²) in [6.07, 6.45) is 12.4. The maximum absolute atomic E-state index is 12.5. The Morgan fingerprint density at radius 2 is 1.44 bits per heavy atom. The Balaban J connectivity index is 1.62. The van der Waals surface area contributed by atoms with Gasteiger partial charge < -0.3 is 14.0 Å². The van der Waals surface area contributed by atoms with Crippen molar-refractivity contribution < 1.29 is 18.8 Å². The van der Waals surface area contributed by atoms with E-state index < -0.39 is 0 Å². The van der Waals surface area contributed by atoms with Crippen LogP contribution in [0.2, 0.25) is 0 Å². The minimum atomic E-state index is -0.142. The largest absolute Gasteiger partial charge is 0.493 e. The van der Waals surface area contributed by atoms with Crippen molar-refractivity contribution in [1.29, 1.82) is 0 Å². The van der Waals surface area contributed by atoms with E-state index in [9.17, 15) is 4.79 Å². The van der Waals surface area contributed by atoms with Crippen LogP contribution in [0, 0.1) is 5.92 Å². The molecule has 36 heavy (non-hydrogen) atoms. The lowest BCUT2D eigenvalue weighted by molar-refractivity contribution is -0.905. The van der Waals surface area contributed by atoms with Crippen LogP contribution in [0.1, 0.15) is 82.8 Å². The number of para-hydroxylation sites is 1. The van der Waals surface area contributed by atoms with Crippen molar-refractivity contribution in [3.8, 4) is 5.75 Å². The van der Waals surface area contributed by atoms with Crippen LogP contribution in [0.3, 0.4) is 0 Å². The molecule has 0 spiro atoms. The van der Waals surface area contributed by atoms with E-state index in [0.717, 1.165) is 29.7 Å². The van der Waals surface area contributed by atoms with Crippen molar-refractivity contribution in [2.24, 2.45) is 5.92 Å². The van der Waals surface area contributed by atoms with Crippen molar-refractivity contribution in [3.05, 3.63) is 65.7 Å². The molecule has 0 aliphatic carbocycles. The lowest BCUT2D eigenvalue weighted by Gasteiger charge is -2.31. The molecule has 0 amide bonds. The number of esters is 1. The molecule has 0 bridgehead atoms. The van der Waals surface area contributed by atoms with E-state index in [1.54, 1.807) is 0 Å². The monoisotopic (exact) mass is 496 g/mol. The summed E-state index contributed by atoms with van der Waals surface area (Å²) in [6.45, 7) is 6.83. The highest BCUT2D eigenvalue weighted by molar-refractivity contribution is 5.72. The number of unbranched alkanes of at least 4 members (excludes halogenated alkanes) is 7. The molecule has 200 valence electrons. The van der Waals surface area contributed by atoms with Crippen molar-refractivity contribution in [1.82, 2.24) is 0 Å². The van der Waals surface area contributed by atoms with E-state index in [1.165, 1.54) is 62.5 Å². The number of aryl methyl sites for hydroxylation is 1. The summed E-state index contributed by atoms with van der Waals surface area (Å²) < 4.78 is 12.4. The van der Waals surface area contributed by atoms with Gasteiger partial charge in [0.1, 0.15) is 18.2 Å². The molecule has 0 N–H and O–H groups in total. The average molecular weight is 497 g/mol. The van der Waals surface area contributed by atoms with Gasteiger partial charge in [0, 0.05) is 12.0 Å². The first-order chi connectivity index (χ1) is 17.4. The molecule has 4 nitrogen and oxygen atoms in total. The fraction of sp³-hybridized carbons (Fsp3) is 0.594. The van der Waals surface area contributed by atoms with Gasteiger partial charge in [-0.15, -0.1) is 0 Å². The van der Waals surface area contributed by atoms with Gasteiger partial charge in [0.25, 0.3) is 0 Å². The molecule has 0 saturated carbocycles. The summed E-state index contributed by atoms with van der Waals surface area (Å²) in [5, 5.41) is 0. The summed E-state index contributed by atoms with van der Waals surface area (Å²) in [4.78, 5) is 12.5. The van der Waals surface area contributed by atoms with E-state index in [-0.39, 0.29) is 11.9 Å². The topological polar surface area (TPSA) is 35.5 Å². The average Bonchev–Trinajstić information content (AvgIpc) is 2.86. The van der Waals surface area contributed by atoms with Crippen LogP contribution in [0.4, 0.5) is 0 Å². The van der Waals surface area contributed by atoms with Crippen molar-refractivity contribution in [3.63, 3.8) is 0 Å². The molecule has 1 atom stereocenters. The molecule has 0 aliphatic heterocycles. The second-order valence-corrected chi connectivity index (χ2v) is 10.9. The molecule has 2 aromatic rings. The molecular weight excluding hydrogens is 446 g/mol. The highest BCUT2D eigenvalue weighted by Gasteiger charge is 2.25. The van der Waals surface area contributed by atoms with Crippen LogP contribution in [0.5, 0.6) is 5.75 Å². The third-order valence-electron chi connectivity index (χ3n) is 6.69. The number of ether oxygens (including phenoxy) is 2. The Bertz CT molecular complexity index is 849. The summed E-state index contributed by atoms with van der Waals surface area (Å²) in [5.74, 6) is 0.710. The summed E-state index contributed by atoms with van der Waals surface area (Å²) >= 11 is 0. The van der Waals surface area contributed by atoms with E-state index in [2.05, 4.69) is 63.5 Å². The number of hydrogen-bond acceptors (Lipinski definition) is 3. The van der Waals surface area contributed by atoms with Crippen molar-refractivity contribution in [2.45, 2.75) is 84.6 Å². The maximum atomic E-state index is 12.5. The fourth-order valence-electron chi connectivity index (χ4n) is 4.81. The molecule has 2 rings (SSSR count). The number of nitrogens with zero attached hydrogens (tertiary/aromatic N) is 1. The van der Waals surface area contributed by atoms with E-state index in [4.69, 9.17) is 9.47 Å². The number of hydrogen-bond donors (Lipinski definition) is 0. The second kappa shape index (κ2) is 17.2.